The van der Waals surface area contributed by atoms with Gasteiger partial charge in [0.05, 0.1) is 19.3 Å². The smallest absolute Gasteiger partial charge is 0.241 e. The zero-order chi connectivity index (χ0) is 14.5. The van der Waals surface area contributed by atoms with E-state index in [2.05, 4.69) is 5.32 Å². The van der Waals surface area contributed by atoms with Crippen LogP contribution in [0, 0.1) is 5.92 Å². The van der Waals surface area contributed by atoms with Crippen molar-refractivity contribution in [1.29, 1.82) is 0 Å². The summed E-state index contributed by atoms with van der Waals surface area (Å²) in [6.07, 6.45) is 0.330. The minimum Gasteiger partial charge on any atom is -0.346 e. The average Bonchev–Trinajstić information content (AvgIpc) is 2.92. The molecule has 2 rings (SSSR count). The fraction of sp³-hybridized carbons (Fsp3) is 0.533. The van der Waals surface area contributed by atoms with E-state index in [0.29, 0.717) is 31.2 Å². The van der Waals surface area contributed by atoms with Crippen LogP contribution in [0.25, 0.3) is 0 Å². The number of anilines is 1. The molecule has 0 bridgehead atoms. The Morgan fingerprint density at radius 2 is 2.10 bits per heavy atom. The summed E-state index contributed by atoms with van der Waals surface area (Å²) >= 11 is 0. The Morgan fingerprint density at radius 3 is 2.75 bits per heavy atom. The quantitative estimate of drug-likeness (QED) is 0.864. The van der Waals surface area contributed by atoms with Gasteiger partial charge in [0.25, 0.3) is 0 Å². The van der Waals surface area contributed by atoms with Gasteiger partial charge in [-0.25, -0.2) is 0 Å². The first-order valence-electron chi connectivity index (χ1n) is 6.96. The Kier molecular flexibility index (Phi) is 5.11. The largest absolute Gasteiger partial charge is 0.346 e. The van der Waals surface area contributed by atoms with Gasteiger partial charge in [-0.15, -0.1) is 0 Å². The summed E-state index contributed by atoms with van der Waals surface area (Å²) in [5.41, 5.74) is 7.48. The summed E-state index contributed by atoms with van der Waals surface area (Å²) in [7, 11) is 0. The number of nitrogens with two attached hydrogens (primary N) is 1. The van der Waals surface area contributed by atoms with Gasteiger partial charge in [-0.3, -0.25) is 4.79 Å². The standard InChI is InChI=1S/C15H22N2O3/c1-10(2)8-13(16)14(18)17-12-5-3-4-11(9-12)15-19-6-7-20-15/h3-5,9-10,13,15H,6-8,16H2,1-2H3,(H,17,18)/t13-/m1/s1. The second-order valence-corrected chi connectivity index (χ2v) is 5.42. The average molecular weight is 278 g/mol. The number of carbonyl (C=O) groups excluding carboxylic acids is 1. The molecule has 1 fully saturated rings. The Hall–Kier alpha value is -1.43. The van der Waals surface area contributed by atoms with E-state index in [1.165, 1.54) is 0 Å². The summed E-state index contributed by atoms with van der Waals surface area (Å²) < 4.78 is 10.9. The van der Waals surface area contributed by atoms with E-state index in [1.807, 2.05) is 38.1 Å². The first-order valence-corrected chi connectivity index (χ1v) is 6.96. The summed E-state index contributed by atoms with van der Waals surface area (Å²) in [4.78, 5) is 12.0. The Labute approximate surface area is 119 Å². The lowest BCUT2D eigenvalue weighted by atomic mass is 10.0. The molecule has 5 heteroatoms. The zero-order valence-electron chi connectivity index (χ0n) is 12.0. The third-order valence-electron chi connectivity index (χ3n) is 3.11. The lowest BCUT2D eigenvalue weighted by molar-refractivity contribution is -0.117. The number of nitrogens with one attached hydrogen (secondary N) is 1. The molecule has 0 spiro atoms. The molecule has 110 valence electrons. The van der Waals surface area contributed by atoms with E-state index in [9.17, 15) is 4.79 Å². The van der Waals surface area contributed by atoms with Gasteiger partial charge < -0.3 is 20.5 Å². The highest BCUT2D eigenvalue weighted by molar-refractivity contribution is 5.94. The van der Waals surface area contributed by atoms with E-state index < -0.39 is 6.04 Å². The third-order valence-corrected chi connectivity index (χ3v) is 3.11. The molecule has 5 nitrogen and oxygen atoms in total. The second kappa shape index (κ2) is 6.83. The van der Waals surface area contributed by atoms with Crippen LogP contribution in [0.2, 0.25) is 0 Å². The first kappa shape index (κ1) is 15.0. The van der Waals surface area contributed by atoms with Crippen LogP contribution >= 0.6 is 0 Å². The molecule has 1 aromatic carbocycles. The number of benzene rings is 1. The highest BCUT2D eigenvalue weighted by Crippen LogP contribution is 2.25. The molecule has 20 heavy (non-hydrogen) atoms. The SMILES string of the molecule is CC(C)C[C@@H](N)C(=O)Nc1cccc(C2OCCO2)c1. The van der Waals surface area contributed by atoms with Crippen molar-refractivity contribution < 1.29 is 14.3 Å². The van der Waals surface area contributed by atoms with Gasteiger partial charge in [0, 0.05) is 11.3 Å². The lowest BCUT2D eigenvalue weighted by Gasteiger charge is -2.15. The highest BCUT2D eigenvalue weighted by atomic mass is 16.7. The maximum atomic E-state index is 12.0. The number of carbonyl (C=O) groups is 1. The number of hydrogen-bond donors (Lipinski definition) is 2. The van der Waals surface area contributed by atoms with Gasteiger partial charge in [-0.1, -0.05) is 26.0 Å². The maximum Gasteiger partial charge on any atom is 0.241 e. The molecular weight excluding hydrogens is 256 g/mol. The van der Waals surface area contributed by atoms with Crippen molar-refractivity contribution in [1.82, 2.24) is 0 Å². The molecular formula is C15H22N2O3. The summed E-state index contributed by atoms with van der Waals surface area (Å²) in [5, 5.41) is 2.84. The van der Waals surface area contributed by atoms with Crippen molar-refractivity contribution in [3.63, 3.8) is 0 Å². The van der Waals surface area contributed by atoms with Crippen LogP contribution < -0.4 is 11.1 Å². The minimum absolute atomic E-state index is 0.163. The molecule has 1 aliphatic heterocycles. The summed E-state index contributed by atoms with van der Waals surface area (Å²) in [6.45, 7) is 5.28. The fourth-order valence-corrected chi connectivity index (χ4v) is 2.16. The molecule has 0 saturated carbocycles. The third kappa shape index (κ3) is 4.03. The first-order chi connectivity index (χ1) is 9.56. The molecule has 1 amide bonds. The van der Waals surface area contributed by atoms with Crippen molar-refractivity contribution in [3.8, 4) is 0 Å². The number of ether oxygens (including phenoxy) is 2. The molecule has 1 heterocycles. The van der Waals surface area contributed by atoms with Crippen molar-refractivity contribution in [2.24, 2.45) is 11.7 Å². The van der Waals surface area contributed by atoms with E-state index in [1.54, 1.807) is 0 Å². The van der Waals surface area contributed by atoms with Crippen LogP contribution in [0.15, 0.2) is 24.3 Å². The van der Waals surface area contributed by atoms with Crippen LogP contribution in [0.3, 0.4) is 0 Å². The molecule has 1 saturated heterocycles. The van der Waals surface area contributed by atoms with Crippen molar-refractivity contribution in [2.45, 2.75) is 32.6 Å². The van der Waals surface area contributed by atoms with Gasteiger partial charge >= 0.3 is 0 Å². The molecule has 0 aliphatic carbocycles. The molecule has 0 radical (unpaired) electrons. The Balaban J connectivity index is 1.98. The molecule has 0 aromatic heterocycles. The Bertz CT molecular complexity index is 456. The zero-order valence-corrected chi connectivity index (χ0v) is 12.0. The van der Waals surface area contributed by atoms with Gasteiger partial charge in [-0.05, 0) is 24.5 Å². The fourth-order valence-electron chi connectivity index (χ4n) is 2.16. The minimum atomic E-state index is -0.488. The van der Waals surface area contributed by atoms with E-state index in [4.69, 9.17) is 15.2 Å². The predicted molar refractivity (Wildman–Crippen MR) is 77.1 cm³/mol. The van der Waals surface area contributed by atoms with Crippen LogP contribution in [0.5, 0.6) is 0 Å². The van der Waals surface area contributed by atoms with Crippen molar-refractivity contribution in [3.05, 3.63) is 29.8 Å². The van der Waals surface area contributed by atoms with E-state index >= 15 is 0 Å². The molecule has 3 N–H and O–H groups in total. The predicted octanol–water partition coefficient (Wildman–Crippen LogP) is 2.04. The lowest BCUT2D eigenvalue weighted by Crippen LogP contribution is -2.36. The molecule has 1 aliphatic rings. The van der Waals surface area contributed by atoms with Gasteiger partial charge in [-0.2, -0.15) is 0 Å². The maximum absolute atomic E-state index is 12.0. The van der Waals surface area contributed by atoms with Gasteiger partial charge in [0.2, 0.25) is 5.91 Å². The van der Waals surface area contributed by atoms with E-state index in [0.717, 1.165) is 5.56 Å². The number of hydrogen-bond acceptors (Lipinski definition) is 4. The molecule has 0 unspecified atom stereocenters. The van der Waals surface area contributed by atoms with Crippen molar-refractivity contribution >= 4 is 11.6 Å². The molecule has 1 atom stereocenters. The van der Waals surface area contributed by atoms with Crippen molar-refractivity contribution in [2.75, 3.05) is 18.5 Å². The highest BCUT2D eigenvalue weighted by Gasteiger charge is 2.19. The summed E-state index contributed by atoms with van der Waals surface area (Å²) in [6, 6.07) is 6.98. The van der Waals surface area contributed by atoms with Gasteiger partial charge in [0.15, 0.2) is 6.29 Å². The van der Waals surface area contributed by atoms with Crippen LogP contribution in [-0.4, -0.2) is 25.2 Å². The number of rotatable bonds is 5. The topological polar surface area (TPSA) is 73.6 Å². The van der Waals surface area contributed by atoms with Gasteiger partial charge in [0.1, 0.15) is 0 Å². The second-order valence-electron chi connectivity index (χ2n) is 5.42. The normalized spacial score (nSPS) is 17.4. The van der Waals surface area contributed by atoms with Crippen LogP contribution in [-0.2, 0) is 14.3 Å². The van der Waals surface area contributed by atoms with E-state index in [-0.39, 0.29) is 12.2 Å². The Morgan fingerprint density at radius 1 is 1.40 bits per heavy atom. The van der Waals surface area contributed by atoms with Crippen LogP contribution in [0.1, 0.15) is 32.1 Å². The summed E-state index contributed by atoms with van der Waals surface area (Å²) in [5.74, 6) is 0.228. The molecule has 1 aromatic rings. The number of amides is 1. The monoisotopic (exact) mass is 278 g/mol. The van der Waals surface area contributed by atoms with Crippen LogP contribution in [0.4, 0.5) is 5.69 Å².